The molecule has 1 nitrogen and oxygen atoms in total. The summed E-state index contributed by atoms with van der Waals surface area (Å²) in [7, 11) is 0. The summed E-state index contributed by atoms with van der Waals surface area (Å²) in [5, 5.41) is 0. The maximum absolute atomic E-state index is 13.1. The van der Waals surface area contributed by atoms with E-state index in [4.69, 9.17) is 5.73 Å². The molecule has 0 aliphatic heterocycles. The molecule has 2 N–H and O–H groups in total. The van der Waals surface area contributed by atoms with Crippen molar-refractivity contribution in [2.24, 2.45) is 0 Å². The molecule has 14 heavy (non-hydrogen) atoms. The van der Waals surface area contributed by atoms with Gasteiger partial charge >= 0.3 is 6.18 Å². The fraction of sp³-hybridized carbons (Fsp3) is 0.250. The summed E-state index contributed by atoms with van der Waals surface area (Å²) in [4.78, 5) is 0. The van der Waals surface area contributed by atoms with Gasteiger partial charge in [0.15, 0.2) is 0 Å². The summed E-state index contributed by atoms with van der Waals surface area (Å²) in [5.41, 5.74) is 3.34. The van der Waals surface area contributed by atoms with Crippen molar-refractivity contribution >= 4 is 21.6 Å². The van der Waals surface area contributed by atoms with Crippen molar-refractivity contribution in [2.45, 2.75) is 13.1 Å². The molecular weight excluding hydrogens is 266 g/mol. The van der Waals surface area contributed by atoms with Crippen LogP contribution in [0.2, 0.25) is 0 Å². The lowest BCUT2D eigenvalue weighted by Gasteiger charge is -2.14. The maximum atomic E-state index is 13.1. The molecule has 0 amide bonds. The van der Waals surface area contributed by atoms with Crippen LogP contribution in [0.1, 0.15) is 11.1 Å². The maximum Gasteiger partial charge on any atom is 0.417 e. The number of hydrogen-bond acceptors (Lipinski definition) is 1. The zero-order valence-electron chi connectivity index (χ0n) is 7.04. The largest absolute Gasteiger partial charge is 0.417 e. The zero-order chi connectivity index (χ0) is 11.1. The Morgan fingerprint density at radius 2 is 1.86 bits per heavy atom. The number of hydrogen-bond donors (Lipinski definition) is 1. The molecule has 0 spiro atoms. The molecule has 0 heterocycles. The van der Waals surface area contributed by atoms with Crippen molar-refractivity contribution in [1.29, 1.82) is 0 Å². The van der Waals surface area contributed by atoms with E-state index in [0.29, 0.717) is 0 Å². The number of nitrogen functional groups attached to an aromatic ring is 1. The van der Waals surface area contributed by atoms with Gasteiger partial charge in [-0.05, 0) is 13.0 Å². The topological polar surface area (TPSA) is 26.0 Å². The van der Waals surface area contributed by atoms with E-state index in [-0.39, 0.29) is 10.2 Å². The monoisotopic (exact) mass is 271 g/mol. The first kappa shape index (κ1) is 11.3. The average Bonchev–Trinajstić information content (AvgIpc) is 1.97. The van der Waals surface area contributed by atoms with E-state index in [1.165, 1.54) is 0 Å². The summed E-state index contributed by atoms with van der Waals surface area (Å²) < 4.78 is 50.0. The van der Waals surface area contributed by atoms with Crippen LogP contribution < -0.4 is 5.73 Å². The predicted molar refractivity (Wildman–Crippen MR) is 48.3 cm³/mol. The lowest BCUT2D eigenvalue weighted by molar-refractivity contribution is -0.138. The fourth-order valence-electron chi connectivity index (χ4n) is 1.13. The summed E-state index contributed by atoms with van der Waals surface area (Å²) in [6.45, 7) is 1.04. The highest BCUT2D eigenvalue weighted by Crippen LogP contribution is 2.39. The molecule has 0 fully saturated rings. The van der Waals surface area contributed by atoms with Gasteiger partial charge in [-0.3, -0.25) is 0 Å². The van der Waals surface area contributed by atoms with E-state index < -0.39 is 23.1 Å². The van der Waals surface area contributed by atoms with Gasteiger partial charge < -0.3 is 5.73 Å². The number of anilines is 1. The Labute approximate surface area is 86.0 Å². The Hall–Kier alpha value is -0.780. The quantitative estimate of drug-likeness (QED) is 0.567. The first-order valence-electron chi connectivity index (χ1n) is 3.56. The normalized spacial score (nSPS) is 11.9. The van der Waals surface area contributed by atoms with Crippen molar-refractivity contribution < 1.29 is 17.6 Å². The summed E-state index contributed by atoms with van der Waals surface area (Å²) in [6, 6.07) is 0.908. The highest BCUT2D eigenvalue weighted by Gasteiger charge is 2.36. The van der Waals surface area contributed by atoms with Crippen LogP contribution in [0, 0.1) is 12.7 Å². The van der Waals surface area contributed by atoms with Crippen LogP contribution in [-0.2, 0) is 6.18 Å². The van der Waals surface area contributed by atoms with Gasteiger partial charge in [-0.2, -0.15) is 13.2 Å². The van der Waals surface area contributed by atoms with E-state index in [1.807, 2.05) is 0 Å². The molecule has 6 heteroatoms. The minimum absolute atomic E-state index is 0.249. The fourth-order valence-corrected chi connectivity index (χ4v) is 1.89. The summed E-state index contributed by atoms with van der Waals surface area (Å²) in [5.74, 6) is -1.03. The van der Waals surface area contributed by atoms with Crippen LogP contribution in [0.3, 0.4) is 0 Å². The van der Waals surface area contributed by atoms with Gasteiger partial charge in [0.05, 0.1) is 11.3 Å². The lowest BCUT2D eigenvalue weighted by Crippen LogP contribution is -2.11. The first-order chi connectivity index (χ1) is 6.25. The second-order valence-electron chi connectivity index (χ2n) is 2.76. The van der Waals surface area contributed by atoms with E-state index in [9.17, 15) is 17.6 Å². The van der Waals surface area contributed by atoms with Crippen molar-refractivity contribution in [1.82, 2.24) is 0 Å². The minimum Gasteiger partial charge on any atom is -0.396 e. The molecule has 1 rings (SSSR count). The molecule has 0 aliphatic rings. The van der Waals surface area contributed by atoms with E-state index in [2.05, 4.69) is 15.9 Å². The molecule has 0 saturated heterocycles. The van der Waals surface area contributed by atoms with Gasteiger partial charge in [-0.25, -0.2) is 4.39 Å². The number of rotatable bonds is 0. The highest BCUT2D eigenvalue weighted by molar-refractivity contribution is 9.10. The summed E-state index contributed by atoms with van der Waals surface area (Å²) in [6.07, 6.45) is -4.59. The van der Waals surface area contributed by atoms with Crippen molar-refractivity contribution in [3.05, 3.63) is 27.5 Å². The standard InChI is InChI=1S/C8H6BrF4N/c1-3-6(8(11,12)13)4(9)2-5(14)7(3)10/h2H,14H2,1H3. The Morgan fingerprint density at radius 1 is 1.36 bits per heavy atom. The van der Waals surface area contributed by atoms with Crippen LogP contribution in [0.5, 0.6) is 0 Å². The molecule has 0 aromatic heterocycles. The van der Waals surface area contributed by atoms with Gasteiger partial charge in [-0.15, -0.1) is 0 Å². The van der Waals surface area contributed by atoms with Crippen LogP contribution in [0.25, 0.3) is 0 Å². The van der Waals surface area contributed by atoms with Gasteiger partial charge in [-0.1, -0.05) is 15.9 Å². The molecule has 0 bridgehead atoms. The number of alkyl halides is 3. The minimum atomic E-state index is -4.59. The molecule has 0 aliphatic carbocycles. The van der Waals surface area contributed by atoms with Crippen LogP contribution in [0.15, 0.2) is 10.5 Å². The first-order valence-corrected chi connectivity index (χ1v) is 4.35. The smallest absolute Gasteiger partial charge is 0.396 e. The second-order valence-corrected chi connectivity index (χ2v) is 3.61. The zero-order valence-corrected chi connectivity index (χ0v) is 8.63. The lowest BCUT2D eigenvalue weighted by atomic mass is 10.1. The van der Waals surface area contributed by atoms with Gasteiger partial charge in [0, 0.05) is 10.0 Å². The van der Waals surface area contributed by atoms with Crippen molar-refractivity contribution in [3.63, 3.8) is 0 Å². The van der Waals surface area contributed by atoms with E-state index in [1.54, 1.807) is 0 Å². The summed E-state index contributed by atoms with van der Waals surface area (Å²) >= 11 is 2.70. The van der Waals surface area contributed by atoms with Crippen molar-refractivity contribution in [2.75, 3.05) is 5.73 Å². The number of halogens is 5. The SMILES string of the molecule is Cc1c(F)c(N)cc(Br)c1C(F)(F)F. The molecule has 1 aromatic rings. The van der Waals surface area contributed by atoms with Gasteiger partial charge in [0.25, 0.3) is 0 Å². The average molecular weight is 272 g/mol. The predicted octanol–water partition coefficient (Wildman–Crippen LogP) is 3.50. The molecule has 0 radical (unpaired) electrons. The third kappa shape index (κ3) is 1.84. The highest BCUT2D eigenvalue weighted by atomic mass is 79.9. The van der Waals surface area contributed by atoms with Crippen LogP contribution in [-0.4, -0.2) is 0 Å². The second kappa shape index (κ2) is 3.42. The van der Waals surface area contributed by atoms with Gasteiger partial charge in [0.1, 0.15) is 5.82 Å². The molecule has 0 saturated carbocycles. The van der Waals surface area contributed by atoms with Crippen molar-refractivity contribution in [3.8, 4) is 0 Å². The Bertz CT molecular complexity index is 373. The third-order valence-corrected chi connectivity index (χ3v) is 2.39. The van der Waals surface area contributed by atoms with Crippen LogP contribution >= 0.6 is 15.9 Å². The van der Waals surface area contributed by atoms with E-state index in [0.717, 1.165) is 13.0 Å². The molecule has 1 aromatic carbocycles. The number of nitrogens with two attached hydrogens (primary N) is 1. The van der Waals surface area contributed by atoms with E-state index >= 15 is 0 Å². The molecule has 0 atom stereocenters. The van der Waals surface area contributed by atoms with Gasteiger partial charge in [0.2, 0.25) is 0 Å². The third-order valence-electron chi connectivity index (χ3n) is 1.76. The Balaban J connectivity index is 3.53. The molecular formula is C8H6BrF4N. The van der Waals surface area contributed by atoms with Crippen LogP contribution in [0.4, 0.5) is 23.2 Å². The Kier molecular flexibility index (Phi) is 2.76. The molecule has 78 valence electrons. The molecule has 0 unspecified atom stereocenters. The Morgan fingerprint density at radius 3 is 2.29 bits per heavy atom. The number of benzene rings is 1.